The molecule has 0 N–H and O–H groups in total. The Morgan fingerprint density at radius 2 is 1.39 bits per heavy atom. The smallest absolute Gasteiger partial charge is 0.192 e. The van der Waals surface area contributed by atoms with E-state index in [1.54, 1.807) is 0 Å². The van der Waals surface area contributed by atoms with Gasteiger partial charge in [0.2, 0.25) is 0 Å². The number of rotatable bonds is 9. The van der Waals surface area contributed by atoms with Crippen molar-refractivity contribution < 1.29 is 23.1 Å². The summed E-state index contributed by atoms with van der Waals surface area (Å²) in [5, 5.41) is 0.292. The van der Waals surface area contributed by atoms with Crippen LogP contribution >= 0.6 is 0 Å². The summed E-state index contributed by atoms with van der Waals surface area (Å²) in [5.74, 6) is 0. The number of hydrogen-bond donors (Lipinski definition) is 0. The zero-order valence-corrected chi connectivity index (χ0v) is 24.3. The minimum absolute atomic E-state index is 0.0163. The first kappa shape index (κ1) is 27.5. The Labute approximate surface area is 194 Å². The lowest BCUT2D eigenvalue weighted by molar-refractivity contribution is -0.268. The summed E-state index contributed by atoms with van der Waals surface area (Å²) in [6, 6.07) is 0. The van der Waals surface area contributed by atoms with E-state index in [0.717, 1.165) is 25.9 Å². The maximum absolute atomic E-state index is 6.87. The van der Waals surface area contributed by atoms with E-state index in [9.17, 15) is 0 Å². The summed E-state index contributed by atoms with van der Waals surface area (Å²) >= 11 is 0. The van der Waals surface area contributed by atoms with Gasteiger partial charge in [-0.25, -0.2) is 0 Å². The third-order valence-electron chi connectivity index (χ3n) is 7.81. The Bertz CT molecular complexity index is 577. The van der Waals surface area contributed by atoms with Crippen molar-refractivity contribution in [2.24, 2.45) is 0 Å². The van der Waals surface area contributed by atoms with Crippen LogP contribution < -0.4 is 0 Å². The standard InChI is InChI=1S/C24H50O5Si2/c1-17(13-14-19-16-25-19)26-22-21(29-31(11,12)24(6,7)8)15-20(18(2)27-22)28-30(9,10)23(3,4)5/h17-22H,13-16H2,1-12H3/t17-,18+,19?,20-,21-,22-/m1/s1. The average Bonchev–Trinajstić information content (AvgIpc) is 3.39. The molecule has 0 amide bonds. The molecule has 6 atom stereocenters. The van der Waals surface area contributed by atoms with E-state index in [1.807, 2.05) is 0 Å². The van der Waals surface area contributed by atoms with Gasteiger partial charge in [0.05, 0.1) is 37.1 Å². The highest BCUT2D eigenvalue weighted by Crippen LogP contribution is 2.42. The minimum atomic E-state index is -1.98. The Morgan fingerprint density at radius 1 is 0.903 bits per heavy atom. The van der Waals surface area contributed by atoms with E-state index >= 15 is 0 Å². The second-order valence-electron chi connectivity index (χ2n) is 12.8. The Morgan fingerprint density at radius 3 is 1.84 bits per heavy atom. The molecule has 1 unspecified atom stereocenters. The molecule has 0 aromatic carbocycles. The van der Waals surface area contributed by atoms with Gasteiger partial charge < -0.3 is 23.1 Å². The van der Waals surface area contributed by atoms with E-state index in [2.05, 4.69) is 81.6 Å². The molecule has 184 valence electrons. The fourth-order valence-electron chi connectivity index (χ4n) is 3.35. The zero-order valence-electron chi connectivity index (χ0n) is 22.3. The molecule has 7 heteroatoms. The molecule has 5 nitrogen and oxygen atoms in total. The predicted molar refractivity (Wildman–Crippen MR) is 133 cm³/mol. The molecule has 31 heavy (non-hydrogen) atoms. The van der Waals surface area contributed by atoms with Gasteiger partial charge in [0.1, 0.15) is 0 Å². The molecule has 0 aromatic heterocycles. The summed E-state index contributed by atoms with van der Waals surface area (Å²) < 4.78 is 31.9. The van der Waals surface area contributed by atoms with E-state index in [-0.39, 0.29) is 40.8 Å². The zero-order chi connectivity index (χ0) is 23.8. The van der Waals surface area contributed by atoms with Crippen LogP contribution in [0.15, 0.2) is 0 Å². The van der Waals surface area contributed by atoms with Crippen molar-refractivity contribution in [3.05, 3.63) is 0 Å². The number of epoxide rings is 1. The van der Waals surface area contributed by atoms with Gasteiger partial charge in [-0.2, -0.15) is 0 Å². The first-order chi connectivity index (χ1) is 13.9. The van der Waals surface area contributed by atoms with Crippen LogP contribution in [0.4, 0.5) is 0 Å². The van der Waals surface area contributed by atoms with Gasteiger partial charge in [0, 0.05) is 6.42 Å². The molecule has 0 radical (unpaired) electrons. The quantitative estimate of drug-likeness (QED) is 0.282. The summed E-state index contributed by atoms with van der Waals surface area (Å²) in [7, 11) is -3.89. The molecular formula is C24H50O5Si2. The van der Waals surface area contributed by atoms with Crippen molar-refractivity contribution in [3.63, 3.8) is 0 Å². The normalized spacial score (nSPS) is 31.5. The molecule has 0 saturated carbocycles. The van der Waals surface area contributed by atoms with Gasteiger partial charge in [0.15, 0.2) is 22.9 Å². The van der Waals surface area contributed by atoms with Crippen molar-refractivity contribution in [1.82, 2.24) is 0 Å². The molecule has 2 fully saturated rings. The second kappa shape index (κ2) is 9.84. The van der Waals surface area contributed by atoms with Crippen LogP contribution in [0.3, 0.4) is 0 Å². The van der Waals surface area contributed by atoms with Gasteiger partial charge >= 0.3 is 0 Å². The molecular weight excluding hydrogens is 424 g/mol. The monoisotopic (exact) mass is 474 g/mol. The van der Waals surface area contributed by atoms with Gasteiger partial charge in [-0.3, -0.25) is 0 Å². The van der Waals surface area contributed by atoms with Gasteiger partial charge in [-0.05, 0) is 63.0 Å². The summed E-state index contributed by atoms with van der Waals surface area (Å²) in [5.41, 5.74) is 0. The molecule has 2 rings (SSSR count). The summed E-state index contributed by atoms with van der Waals surface area (Å²) in [6.45, 7) is 28.1. The molecule has 0 spiro atoms. The van der Waals surface area contributed by atoms with Crippen molar-refractivity contribution in [3.8, 4) is 0 Å². The predicted octanol–water partition coefficient (Wildman–Crippen LogP) is 6.49. The van der Waals surface area contributed by atoms with E-state index in [1.165, 1.54) is 0 Å². The maximum atomic E-state index is 6.87. The average molecular weight is 475 g/mol. The number of hydrogen-bond acceptors (Lipinski definition) is 5. The molecule has 2 aliphatic heterocycles. The largest absolute Gasteiger partial charge is 0.411 e. The first-order valence-electron chi connectivity index (χ1n) is 12.2. The molecule has 0 aliphatic carbocycles. The minimum Gasteiger partial charge on any atom is -0.411 e. The van der Waals surface area contributed by atoms with Crippen LogP contribution in [0.2, 0.25) is 36.3 Å². The molecule has 0 bridgehead atoms. The summed E-state index contributed by atoms with van der Waals surface area (Å²) in [4.78, 5) is 0. The lowest BCUT2D eigenvalue weighted by atomic mass is 10.0. The van der Waals surface area contributed by atoms with E-state index in [0.29, 0.717) is 6.10 Å². The van der Waals surface area contributed by atoms with Crippen LogP contribution in [0.1, 0.15) is 74.7 Å². The van der Waals surface area contributed by atoms with Crippen LogP contribution in [0.5, 0.6) is 0 Å². The fraction of sp³-hybridized carbons (Fsp3) is 1.00. The third-order valence-corrected chi connectivity index (χ3v) is 16.8. The van der Waals surface area contributed by atoms with Crippen LogP contribution in [0, 0.1) is 0 Å². The van der Waals surface area contributed by atoms with Crippen molar-refractivity contribution in [2.45, 2.75) is 148 Å². The molecule has 2 heterocycles. The Hall–Kier alpha value is 0.234. The van der Waals surface area contributed by atoms with Crippen LogP contribution in [0.25, 0.3) is 0 Å². The highest BCUT2D eigenvalue weighted by Gasteiger charge is 2.48. The molecule has 2 aliphatic rings. The van der Waals surface area contributed by atoms with Crippen molar-refractivity contribution >= 4 is 16.6 Å². The Kier molecular flexibility index (Phi) is 8.73. The number of ether oxygens (including phenoxy) is 3. The second-order valence-corrected chi connectivity index (χ2v) is 22.3. The van der Waals surface area contributed by atoms with Gasteiger partial charge in [-0.15, -0.1) is 0 Å². The van der Waals surface area contributed by atoms with Crippen LogP contribution in [-0.4, -0.2) is 60.1 Å². The topological polar surface area (TPSA) is 49.5 Å². The highest BCUT2D eigenvalue weighted by molar-refractivity contribution is 6.74. The van der Waals surface area contributed by atoms with Crippen LogP contribution in [-0.2, 0) is 23.1 Å². The van der Waals surface area contributed by atoms with E-state index < -0.39 is 16.6 Å². The molecule has 2 saturated heterocycles. The van der Waals surface area contributed by atoms with Crippen molar-refractivity contribution in [2.75, 3.05) is 6.61 Å². The lowest BCUT2D eigenvalue weighted by Gasteiger charge is -2.48. The fourth-order valence-corrected chi connectivity index (χ4v) is 6.06. The molecule has 0 aromatic rings. The van der Waals surface area contributed by atoms with Gasteiger partial charge in [-0.1, -0.05) is 41.5 Å². The lowest BCUT2D eigenvalue weighted by Crippen LogP contribution is -2.57. The Balaban J connectivity index is 2.14. The van der Waals surface area contributed by atoms with Crippen molar-refractivity contribution in [1.29, 1.82) is 0 Å². The summed E-state index contributed by atoms with van der Waals surface area (Å²) in [6.07, 6.45) is 2.96. The van der Waals surface area contributed by atoms with Gasteiger partial charge in [0.25, 0.3) is 0 Å². The first-order valence-corrected chi connectivity index (χ1v) is 18.0. The SMILES string of the molecule is C[C@H](CCC1CO1)O[C@@H]1O[C@@H](C)[C@H](O[Si](C)(C)C(C)(C)C)C[C@H]1O[Si](C)(C)C(C)(C)C. The third kappa shape index (κ3) is 7.62. The maximum Gasteiger partial charge on any atom is 0.192 e. The highest BCUT2D eigenvalue weighted by atomic mass is 28.4. The van der Waals surface area contributed by atoms with E-state index in [4.69, 9.17) is 23.1 Å².